The Hall–Kier alpha value is -3.31. The van der Waals surface area contributed by atoms with Crippen LogP contribution >= 0.6 is 11.8 Å². The lowest BCUT2D eigenvalue weighted by atomic mass is 9.98. The molecule has 0 radical (unpaired) electrons. The fraction of sp³-hybridized carbons (Fsp3) is 0.0435. The van der Waals surface area contributed by atoms with Crippen molar-refractivity contribution in [3.05, 3.63) is 95.0 Å². The number of thioether (sulfide) groups is 1. The van der Waals surface area contributed by atoms with Gasteiger partial charge in [-0.1, -0.05) is 54.6 Å². The quantitative estimate of drug-likeness (QED) is 0.474. The number of hydrogen-bond acceptors (Lipinski definition) is 4. The molecular formula is C23H17NO3S. The lowest BCUT2D eigenvalue weighted by Crippen LogP contribution is -2.17. The van der Waals surface area contributed by atoms with E-state index in [1.165, 1.54) is 0 Å². The van der Waals surface area contributed by atoms with Crippen LogP contribution in [0.5, 0.6) is 0 Å². The number of hydrogen-bond donors (Lipinski definition) is 1. The van der Waals surface area contributed by atoms with Gasteiger partial charge in [0.25, 0.3) is 5.91 Å². The molecule has 0 aliphatic carbocycles. The maximum Gasteiger partial charge on any atom is 0.344 e. The summed E-state index contributed by atoms with van der Waals surface area (Å²) in [6.07, 6.45) is 1.97. The second-order valence-corrected chi connectivity index (χ2v) is 7.07. The van der Waals surface area contributed by atoms with Gasteiger partial charge in [0.05, 0.1) is 5.39 Å². The SMILES string of the molecule is CSc1cccc(NC(=O)c2oc(=O)c3ccccc3c2-c2ccccc2)c1. The average molecular weight is 387 g/mol. The van der Waals surface area contributed by atoms with Gasteiger partial charge in [-0.3, -0.25) is 4.79 Å². The van der Waals surface area contributed by atoms with E-state index in [9.17, 15) is 9.59 Å². The molecule has 5 heteroatoms. The van der Waals surface area contributed by atoms with Crippen LogP contribution in [0.1, 0.15) is 10.6 Å². The number of fused-ring (bicyclic) bond motifs is 1. The Labute approximate surface area is 166 Å². The van der Waals surface area contributed by atoms with E-state index in [2.05, 4.69) is 5.32 Å². The normalized spacial score (nSPS) is 10.8. The van der Waals surface area contributed by atoms with Crippen LogP contribution in [-0.4, -0.2) is 12.2 Å². The molecule has 0 saturated heterocycles. The summed E-state index contributed by atoms with van der Waals surface area (Å²) < 4.78 is 5.49. The Morgan fingerprint density at radius 2 is 1.61 bits per heavy atom. The molecule has 1 aromatic heterocycles. The van der Waals surface area contributed by atoms with Crippen LogP contribution < -0.4 is 10.9 Å². The molecule has 0 aliphatic heterocycles. The predicted molar refractivity (Wildman–Crippen MR) is 114 cm³/mol. The molecule has 1 N–H and O–H groups in total. The van der Waals surface area contributed by atoms with Crippen molar-refractivity contribution >= 4 is 34.1 Å². The number of benzene rings is 3. The van der Waals surface area contributed by atoms with E-state index in [4.69, 9.17) is 4.42 Å². The number of carbonyl (C=O) groups excluding carboxylic acids is 1. The molecule has 3 aromatic carbocycles. The largest absolute Gasteiger partial charge is 0.416 e. The van der Waals surface area contributed by atoms with E-state index in [-0.39, 0.29) is 5.76 Å². The minimum atomic E-state index is -0.529. The molecule has 0 atom stereocenters. The Kier molecular flexibility index (Phi) is 5.00. The van der Waals surface area contributed by atoms with Crippen molar-refractivity contribution in [1.82, 2.24) is 0 Å². The Morgan fingerprint density at radius 3 is 2.36 bits per heavy atom. The first-order valence-electron chi connectivity index (χ1n) is 8.74. The average Bonchev–Trinajstić information content (AvgIpc) is 2.74. The first-order chi connectivity index (χ1) is 13.7. The third kappa shape index (κ3) is 3.44. The van der Waals surface area contributed by atoms with Crippen molar-refractivity contribution in [1.29, 1.82) is 0 Å². The van der Waals surface area contributed by atoms with Crippen LogP contribution in [-0.2, 0) is 0 Å². The molecule has 1 amide bonds. The lowest BCUT2D eigenvalue weighted by molar-refractivity contribution is 0.0994. The van der Waals surface area contributed by atoms with Crippen molar-refractivity contribution < 1.29 is 9.21 Å². The topological polar surface area (TPSA) is 59.3 Å². The number of amides is 1. The molecule has 0 unspecified atom stereocenters. The number of carbonyl (C=O) groups is 1. The Bertz CT molecular complexity index is 1220. The molecule has 0 saturated carbocycles. The van der Waals surface area contributed by atoms with Gasteiger partial charge in [0.15, 0.2) is 0 Å². The van der Waals surface area contributed by atoms with Gasteiger partial charge in [-0.25, -0.2) is 4.79 Å². The Balaban J connectivity index is 1.88. The van der Waals surface area contributed by atoms with Gasteiger partial charge in [0, 0.05) is 21.5 Å². The predicted octanol–water partition coefficient (Wildman–Crippen LogP) is 5.43. The fourth-order valence-electron chi connectivity index (χ4n) is 3.14. The summed E-state index contributed by atoms with van der Waals surface area (Å²) in [7, 11) is 0. The summed E-state index contributed by atoms with van der Waals surface area (Å²) in [5.74, 6) is -0.454. The summed E-state index contributed by atoms with van der Waals surface area (Å²) >= 11 is 1.59. The number of rotatable bonds is 4. The third-order valence-corrected chi connectivity index (χ3v) is 5.16. The second-order valence-electron chi connectivity index (χ2n) is 6.19. The van der Waals surface area contributed by atoms with E-state index in [1.54, 1.807) is 30.0 Å². The van der Waals surface area contributed by atoms with Crippen LogP contribution in [0, 0.1) is 0 Å². The molecule has 28 heavy (non-hydrogen) atoms. The molecule has 0 bridgehead atoms. The van der Waals surface area contributed by atoms with E-state index in [0.29, 0.717) is 22.0 Å². The minimum absolute atomic E-state index is 0.00412. The van der Waals surface area contributed by atoms with E-state index >= 15 is 0 Å². The van der Waals surface area contributed by atoms with Crippen LogP contribution in [0.2, 0.25) is 0 Å². The van der Waals surface area contributed by atoms with Crippen molar-refractivity contribution in [3.63, 3.8) is 0 Å². The highest BCUT2D eigenvalue weighted by molar-refractivity contribution is 7.98. The van der Waals surface area contributed by atoms with Gasteiger partial charge < -0.3 is 9.73 Å². The molecule has 4 aromatic rings. The number of nitrogens with one attached hydrogen (secondary N) is 1. The van der Waals surface area contributed by atoms with Crippen LogP contribution in [0.15, 0.2) is 93.0 Å². The van der Waals surface area contributed by atoms with Gasteiger partial charge in [-0.05, 0) is 36.1 Å². The molecule has 4 nitrogen and oxygen atoms in total. The molecule has 0 fully saturated rings. The highest BCUT2D eigenvalue weighted by Crippen LogP contribution is 2.31. The van der Waals surface area contributed by atoms with E-state index in [0.717, 1.165) is 10.5 Å². The molecule has 1 heterocycles. The highest BCUT2D eigenvalue weighted by Gasteiger charge is 2.21. The van der Waals surface area contributed by atoms with Gasteiger partial charge in [0.1, 0.15) is 0 Å². The van der Waals surface area contributed by atoms with Gasteiger partial charge in [-0.2, -0.15) is 0 Å². The van der Waals surface area contributed by atoms with Gasteiger partial charge in [0.2, 0.25) is 5.76 Å². The molecular weight excluding hydrogens is 370 g/mol. The van der Waals surface area contributed by atoms with Crippen LogP contribution in [0.4, 0.5) is 5.69 Å². The third-order valence-electron chi connectivity index (χ3n) is 4.43. The molecule has 138 valence electrons. The molecule has 0 spiro atoms. The van der Waals surface area contributed by atoms with Gasteiger partial charge >= 0.3 is 5.63 Å². The maximum atomic E-state index is 13.1. The summed E-state index contributed by atoms with van der Waals surface area (Å²) in [6.45, 7) is 0. The highest BCUT2D eigenvalue weighted by atomic mass is 32.2. The zero-order chi connectivity index (χ0) is 19.5. The minimum Gasteiger partial charge on any atom is -0.416 e. The zero-order valence-corrected chi connectivity index (χ0v) is 16.0. The summed E-state index contributed by atoms with van der Waals surface area (Å²) in [5.41, 5.74) is 1.53. The van der Waals surface area contributed by atoms with Crippen LogP contribution in [0.25, 0.3) is 21.9 Å². The fourth-order valence-corrected chi connectivity index (χ4v) is 3.60. The van der Waals surface area contributed by atoms with Gasteiger partial charge in [-0.15, -0.1) is 11.8 Å². The standard InChI is InChI=1S/C23H17NO3S/c1-28-17-11-7-10-16(14-17)24-22(25)21-20(15-8-3-2-4-9-15)18-12-5-6-13-19(18)23(26)27-21/h2-14H,1H3,(H,24,25). The van der Waals surface area contributed by atoms with Crippen molar-refractivity contribution in [2.24, 2.45) is 0 Å². The Morgan fingerprint density at radius 1 is 0.893 bits per heavy atom. The summed E-state index contributed by atoms with van der Waals surface area (Å²) in [4.78, 5) is 26.6. The monoisotopic (exact) mass is 387 g/mol. The van der Waals surface area contributed by atoms with Crippen LogP contribution in [0.3, 0.4) is 0 Å². The molecule has 0 aliphatic rings. The lowest BCUT2D eigenvalue weighted by Gasteiger charge is -2.12. The first-order valence-corrected chi connectivity index (χ1v) is 9.96. The smallest absolute Gasteiger partial charge is 0.344 e. The first kappa shape index (κ1) is 18.1. The maximum absolute atomic E-state index is 13.1. The van der Waals surface area contributed by atoms with E-state index < -0.39 is 11.5 Å². The second kappa shape index (κ2) is 7.74. The van der Waals surface area contributed by atoms with Crippen molar-refractivity contribution in [2.75, 3.05) is 11.6 Å². The number of anilines is 1. The molecule has 4 rings (SSSR count). The summed E-state index contributed by atoms with van der Waals surface area (Å²) in [6, 6.07) is 24.2. The van der Waals surface area contributed by atoms with E-state index in [1.807, 2.05) is 66.9 Å². The zero-order valence-electron chi connectivity index (χ0n) is 15.1. The summed E-state index contributed by atoms with van der Waals surface area (Å²) in [5, 5.41) is 3.98. The van der Waals surface area contributed by atoms with Crippen molar-refractivity contribution in [2.45, 2.75) is 4.90 Å². The van der Waals surface area contributed by atoms with Crippen molar-refractivity contribution in [3.8, 4) is 11.1 Å².